The molecule has 4 aromatic rings. The Morgan fingerprint density at radius 3 is 2.84 bits per heavy atom. The van der Waals surface area contributed by atoms with Crippen molar-refractivity contribution in [2.24, 2.45) is 0 Å². The number of rotatable bonds is 5. The number of nitrogens with zero attached hydrogens (tertiary/aromatic N) is 2. The molecule has 2 heterocycles. The Hall–Kier alpha value is -2.22. The highest BCUT2D eigenvalue weighted by Crippen LogP contribution is 2.30. The number of anilines is 1. The summed E-state index contributed by atoms with van der Waals surface area (Å²) < 4.78 is 0.841. The number of thioether (sulfide) groups is 1. The summed E-state index contributed by atoms with van der Waals surface area (Å²) in [7, 11) is 0. The van der Waals surface area contributed by atoms with Gasteiger partial charge in [-0.1, -0.05) is 65.6 Å². The van der Waals surface area contributed by atoms with Crippen molar-refractivity contribution in [3.63, 3.8) is 0 Å². The van der Waals surface area contributed by atoms with Crippen LogP contribution in [0.2, 0.25) is 0 Å². The average molecular weight is 384 g/mol. The van der Waals surface area contributed by atoms with Gasteiger partial charge in [0.1, 0.15) is 0 Å². The van der Waals surface area contributed by atoms with Crippen LogP contribution in [0.15, 0.2) is 63.6 Å². The number of amides is 1. The van der Waals surface area contributed by atoms with Crippen molar-refractivity contribution in [3.05, 3.63) is 70.4 Å². The van der Waals surface area contributed by atoms with Crippen LogP contribution in [0.3, 0.4) is 0 Å². The first-order chi connectivity index (χ1) is 12.3. The molecule has 0 fully saturated rings. The SMILES string of the molecule is O=C(Nc1nnc(SCc2cccc3ccccc23)s1)c1ccsc1. The van der Waals surface area contributed by atoms with Crippen LogP contribution in [0.25, 0.3) is 10.8 Å². The van der Waals surface area contributed by atoms with Gasteiger partial charge in [0.05, 0.1) is 5.56 Å². The molecule has 25 heavy (non-hydrogen) atoms. The second kappa shape index (κ2) is 7.35. The smallest absolute Gasteiger partial charge is 0.258 e. The quantitative estimate of drug-likeness (QED) is 0.375. The number of nitrogens with one attached hydrogen (secondary N) is 1. The normalized spacial score (nSPS) is 10.9. The van der Waals surface area contributed by atoms with Crippen LogP contribution in [-0.4, -0.2) is 16.1 Å². The first kappa shape index (κ1) is 16.3. The van der Waals surface area contributed by atoms with Gasteiger partial charge in [-0.05, 0) is 27.8 Å². The van der Waals surface area contributed by atoms with Crippen molar-refractivity contribution < 1.29 is 4.79 Å². The van der Waals surface area contributed by atoms with E-state index in [2.05, 4.69) is 51.9 Å². The van der Waals surface area contributed by atoms with Crippen LogP contribution in [0, 0.1) is 0 Å². The van der Waals surface area contributed by atoms with Crippen molar-refractivity contribution in [2.45, 2.75) is 10.1 Å². The van der Waals surface area contributed by atoms with Crippen LogP contribution in [0.1, 0.15) is 15.9 Å². The first-order valence-corrected chi connectivity index (χ1v) is 10.3. The molecule has 4 rings (SSSR count). The fraction of sp³-hybridized carbons (Fsp3) is 0.0556. The Bertz CT molecular complexity index is 1010. The molecule has 0 unspecified atom stereocenters. The lowest BCUT2D eigenvalue weighted by molar-refractivity contribution is 0.102. The Kier molecular flexibility index (Phi) is 4.78. The van der Waals surface area contributed by atoms with Gasteiger partial charge in [0.2, 0.25) is 5.13 Å². The van der Waals surface area contributed by atoms with Gasteiger partial charge >= 0.3 is 0 Å². The summed E-state index contributed by atoms with van der Waals surface area (Å²) in [6, 6.07) is 16.5. The first-order valence-electron chi connectivity index (χ1n) is 7.56. The summed E-state index contributed by atoms with van der Waals surface area (Å²) >= 11 is 4.52. The van der Waals surface area contributed by atoms with Gasteiger partial charge in [-0.15, -0.1) is 10.2 Å². The molecule has 7 heteroatoms. The molecule has 0 aliphatic carbocycles. The van der Waals surface area contributed by atoms with E-state index in [9.17, 15) is 4.79 Å². The van der Waals surface area contributed by atoms with Crippen LogP contribution in [-0.2, 0) is 5.75 Å². The number of benzene rings is 2. The van der Waals surface area contributed by atoms with Crippen LogP contribution in [0.4, 0.5) is 5.13 Å². The fourth-order valence-corrected chi connectivity index (χ4v) is 4.83. The van der Waals surface area contributed by atoms with Crippen molar-refractivity contribution in [1.29, 1.82) is 0 Å². The molecule has 0 bridgehead atoms. The topological polar surface area (TPSA) is 54.9 Å². The second-order valence-corrected chi connectivity index (χ2v) is 8.25. The highest BCUT2D eigenvalue weighted by atomic mass is 32.2. The third-order valence-corrected chi connectivity index (χ3v) is 6.35. The van der Waals surface area contributed by atoms with Crippen LogP contribution < -0.4 is 5.32 Å². The Morgan fingerprint density at radius 1 is 1.08 bits per heavy atom. The van der Waals surface area contributed by atoms with Crippen molar-refractivity contribution in [3.8, 4) is 0 Å². The number of carbonyl (C=O) groups excluding carboxylic acids is 1. The molecular weight excluding hydrogens is 370 g/mol. The van der Waals surface area contributed by atoms with Gasteiger partial charge in [0.15, 0.2) is 4.34 Å². The second-order valence-electron chi connectivity index (χ2n) is 5.27. The van der Waals surface area contributed by atoms with Crippen molar-refractivity contribution >= 4 is 56.2 Å². The van der Waals surface area contributed by atoms with Gasteiger partial charge < -0.3 is 0 Å². The molecule has 1 N–H and O–H groups in total. The largest absolute Gasteiger partial charge is 0.296 e. The zero-order valence-corrected chi connectivity index (χ0v) is 15.5. The maximum atomic E-state index is 12.0. The summed E-state index contributed by atoms with van der Waals surface area (Å²) in [6.45, 7) is 0. The maximum Gasteiger partial charge on any atom is 0.258 e. The lowest BCUT2D eigenvalue weighted by Crippen LogP contribution is -2.10. The molecule has 0 saturated heterocycles. The van der Waals surface area contributed by atoms with E-state index in [4.69, 9.17) is 0 Å². The third-order valence-electron chi connectivity index (χ3n) is 3.64. The Morgan fingerprint density at radius 2 is 1.96 bits per heavy atom. The van der Waals surface area contributed by atoms with E-state index < -0.39 is 0 Å². The zero-order valence-electron chi connectivity index (χ0n) is 13.0. The molecule has 0 radical (unpaired) electrons. The summed E-state index contributed by atoms with van der Waals surface area (Å²) in [5, 5.41) is 17.7. The standard InChI is InChI=1S/C18H13N3OS3/c22-16(14-8-9-23-10-14)19-17-20-21-18(25-17)24-11-13-6-3-5-12-4-1-2-7-15(12)13/h1-10H,11H2,(H,19,20,22). The molecule has 0 aliphatic heterocycles. The highest BCUT2D eigenvalue weighted by molar-refractivity contribution is 8.00. The summed E-state index contributed by atoms with van der Waals surface area (Å²) in [4.78, 5) is 12.0. The van der Waals surface area contributed by atoms with Gasteiger partial charge in [-0.2, -0.15) is 11.3 Å². The van der Waals surface area contributed by atoms with Crippen LogP contribution in [0.5, 0.6) is 0 Å². The number of fused-ring (bicyclic) bond motifs is 1. The molecule has 1 amide bonds. The number of hydrogen-bond acceptors (Lipinski definition) is 6. The van der Waals surface area contributed by atoms with E-state index in [-0.39, 0.29) is 5.91 Å². The van der Waals surface area contributed by atoms with Gasteiger partial charge in [-0.25, -0.2) is 0 Å². The average Bonchev–Trinajstić information content (AvgIpc) is 3.32. The zero-order chi connectivity index (χ0) is 17.1. The van der Waals surface area contributed by atoms with Crippen molar-refractivity contribution in [2.75, 3.05) is 5.32 Å². The third kappa shape index (κ3) is 3.73. The number of thiophene rings is 1. The molecule has 0 aliphatic rings. The molecule has 0 saturated carbocycles. The maximum absolute atomic E-state index is 12.0. The van der Waals surface area contributed by atoms with Gasteiger partial charge in [-0.3, -0.25) is 10.1 Å². The monoisotopic (exact) mass is 383 g/mol. The summed E-state index contributed by atoms with van der Waals surface area (Å²) in [6.07, 6.45) is 0. The van der Waals surface area contributed by atoms with E-state index in [0.717, 1.165) is 10.1 Å². The van der Waals surface area contributed by atoms with E-state index in [0.29, 0.717) is 10.7 Å². The van der Waals surface area contributed by atoms with E-state index >= 15 is 0 Å². The number of carbonyl (C=O) groups is 1. The van der Waals surface area contributed by atoms with E-state index in [1.807, 2.05) is 16.8 Å². The van der Waals surface area contributed by atoms with Crippen molar-refractivity contribution in [1.82, 2.24) is 10.2 Å². The molecule has 124 valence electrons. The predicted octanol–water partition coefficient (Wildman–Crippen LogP) is 5.30. The lowest BCUT2D eigenvalue weighted by Gasteiger charge is -2.04. The minimum absolute atomic E-state index is 0.150. The van der Waals surface area contributed by atoms with Gasteiger partial charge in [0.25, 0.3) is 5.91 Å². The molecule has 2 aromatic carbocycles. The summed E-state index contributed by atoms with van der Waals surface area (Å²) in [5.41, 5.74) is 1.91. The molecule has 0 atom stereocenters. The molecule has 4 nitrogen and oxygen atoms in total. The highest BCUT2D eigenvalue weighted by Gasteiger charge is 2.11. The molecule has 0 spiro atoms. The molecule has 2 aromatic heterocycles. The minimum atomic E-state index is -0.150. The fourth-order valence-electron chi connectivity index (χ4n) is 2.44. The summed E-state index contributed by atoms with van der Waals surface area (Å²) in [5.74, 6) is 0.664. The Balaban J connectivity index is 1.44. The lowest BCUT2D eigenvalue weighted by atomic mass is 10.1. The predicted molar refractivity (Wildman–Crippen MR) is 106 cm³/mol. The Labute approximate surface area is 156 Å². The van der Waals surface area contributed by atoms with Crippen LogP contribution >= 0.6 is 34.4 Å². The number of aromatic nitrogens is 2. The van der Waals surface area contributed by atoms with E-state index in [1.54, 1.807) is 17.8 Å². The number of hydrogen-bond donors (Lipinski definition) is 1. The molecular formula is C18H13N3OS3. The van der Waals surface area contributed by atoms with E-state index in [1.165, 1.54) is 39.0 Å². The minimum Gasteiger partial charge on any atom is -0.296 e. The van der Waals surface area contributed by atoms with Gasteiger partial charge in [0, 0.05) is 11.1 Å².